The summed E-state index contributed by atoms with van der Waals surface area (Å²) in [5, 5.41) is 23.0. The Kier molecular flexibility index (Phi) is 67.2. The third kappa shape index (κ3) is 13800. The van der Waals surface area contributed by atoms with Gasteiger partial charge in [0.1, 0.15) is 0 Å². The van der Waals surface area contributed by atoms with E-state index in [-0.39, 0.29) is 33.3 Å². The second kappa shape index (κ2) is 33.0. The Morgan fingerprint density at radius 1 is 1.18 bits per heavy atom. The van der Waals surface area contributed by atoms with Gasteiger partial charge in [0.05, 0.1) is 0 Å². The zero-order valence-electron chi connectivity index (χ0n) is 5.37. The van der Waals surface area contributed by atoms with Gasteiger partial charge in [0.15, 0.2) is 5.96 Å². The standard InChI is InChI=1S/CH5N3.2CNS.Pb/c2-1(3)4;2*2-1-3;/h(H5,2,3,4);;;/q;2*-1;+2. The van der Waals surface area contributed by atoms with Gasteiger partial charge in [-0.15, -0.1) is 0 Å². The average Bonchev–Trinajstić information content (AvgIpc) is 1.65. The molecule has 0 saturated carbocycles. The molecule has 5 N–H and O–H groups in total. The maximum absolute atomic E-state index is 7.13. The molecule has 58 valence electrons. The van der Waals surface area contributed by atoms with E-state index in [0.717, 1.165) is 0 Å². The van der Waals surface area contributed by atoms with E-state index in [1.807, 2.05) is 0 Å². The van der Waals surface area contributed by atoms with Gasteiger partial charge in [-0.2, -0.15) is 10.3 Å². The number of thiocarbonyl (C=S) groups is 2. The van der Waals surface area contributed by atoms with Crippen LogP contribution in [0.1, 0.15) is 0 Å². The van der Waals surface area contributed by atoms with Crippen molar-refractivity contribution in [2.45, 2.75) is 0 Å². The van der Waals surface area contributed by atoms with Crippen molar-refractivity contribution in [1.29, 1.82) is 5.41 Å². The minimum atomic E-state index is -0.333. The van der Waals surface area contributed by atoms with Gasteiger partial charge in [0.25, 0.3) is 0 Å². The summed E-state index contributed by atoms with van der Waals surface area (Å²) in [4.78, 5) is 0. The molecule has 0 atom stereocenters. The molecular formula is C3H5N5PbS2. The molecule has 5 nitrogen and oxygen atoms in total. The number of guanidine groups is 1. The van der Waals surface area contributed by atoms with Crippen LogP contribution < -0.4 is 11.5 Å². The van der Waals surface area contributed by atoms with Crippen molar-refractivity contribution < 1.29 is 0 Å². The molecule has 2 radical (unpaired) electrons. The number of nitrogens with one attached hydrogen (secondary N) is 1. The van der Waals surface area contributed by atoms with Crippen molar-refractivity contribution in [3.63, 3.8) is 0 Å². The van der Waals surface area contributed by atoms with Crippen molar-refractivity contribution in [2.75, 3.05) is 0 Å². The monoisotopic (exact) mass is 383 g/mol. The van der Waals surface area contributed by atoms with Crippen molar-refractivity contribution >= 4 is 68.0 Å². The fraction of sp³-hybridized carbons (Fsp3) is 0. The predicted molar refractivity (Wildman–Crippen MR) is 53.8 cm³/mol. The molecular weight excluding hydrogens is 377 g/mol. The van der Waals surface area contributed by atoms with Gasteiger partial charge in [-0.05, 0) is 0 Å². The van der Waals surface area contributed by atoms with Crippen molar-refractivity contribution in [3.05, 3.63) is 10.8 Å². The van der Waals surface area contributed by atoms with Crippen LogP contribution in [0, 0.1) is 5.41 Å². The van der Waals surface area contributed by atoms with Crippen LogP contribution in [-0.4, -0.2) is 43.6 Å². The van der Waals surface area contributed by atoms with E-state index in [1.54, 1.807) is 0 Å². The summed E-state index contributed by atoms with van der Waals surface area (Å²) in [6, 6.07) is 0. The van der Waals surface area contributed by atoms with E-state index in [0.29, 0.717) is 0 Å². The van der Waals surface area contributed by atoms with Gasteiger partial charge in [-0.1, -0.05) is 24.4 Å². The first-order valence-electron chi connectivity index (χ1n) is 1.68. The largest absolute Gasteiger partial charge is 2.00 e. The Balaban J connectivity index is -0.0000000325. The van der Waals surface area contributed by atoms with E-state index in [1.165, 1.54) is 10.3 Å². The normalized spacial score (nSPS) is 3.64. The molecule has 0 unspecified atom stereocenters. The molecule has 0 heterocycles. The van der Waals surface area contributed by atoms with Crippen LogP contribution in [0.25, 0.3) is 10.8 Å². The molecule has 8 heteroatoms. The van der Waals surface area contributed by atoms with E-state index >= 15 is 0 Å². The molecule has 0 aromatic carbocycles. The first kappa shape index (κ1) is 22.4. The van der Waals surface area contributed by atoms with Crippen LogP contribution in [0.5, 0.6) is 0 Å². The Hall–Kier alpha value is -0.208. The van der Waals surface area contributed by atoms with Crippen LogP contribution in [0.3, 0.4) is 0 Å². The molecule has 0 aromatic rings. The summed E-state index contributed by atoms with van der Waals surface area (Å²) in [6.07, 6.45) is 0. The summed E-state index contributed by atoms with van der Waals surface area (Å²) in [6.45, 7) is 0. The molecule has 0 aromatic heterocycles. The van der Waals surface area contributed by atoms with E-state index in [4.69, 9.17) is 16.2 Å². The first-order valence-corrected chi connectivity index (χ1v) is 2.50. The second-order valence-corrected chi connectivity index (χ2v) is 1.00. The number of hydrogen-bond donors (Lipinski definition) is 3. The van der Waals surface area contributed by atoms with Crippen molar-refractivity contribution in [2.24, 2.45) is 11.5 Å². The second-order valence-electron chi connectivity index (χ2n) is 0.638. The first-order chi connectivity index (χ1) is 4.56. The third-order valence-corrected chi connectivity index (χ3v) is 0. The Morgan fingerprint density at radius 3 is 1.18 bits per heavy atom. The molecule has 0 amide bonds. The number of nitrogens with zero attached hydrogens (tertiary/aromatic N) is 2. The Bertz CT molecular complexity index is 130. The zero-order valence-corrected chi connectivity index (χ0v) is 10.9. The van der Waals surface area contributed by atoms with Crippen LogP contribution >= 0.6 is 24.4 Å². The van der Waals surface area contributed by atoms with Gasteiger partial charge in [-0.25, -0.2) is 0 Å². The molecule has 0 aliphatic heterocycles. The molecule has 0 spiro atoms. The zero-order chi connectivity index (χ0) is 8.99. The fourth-order valence-corrected chi connectivity index (χ4v) is 0. The number of hydrogen-bond acceptors (Lipinski definition) is 3. The van der Waals surface area contributed by atoms with Crippen LogP contribution in [0.4, 0.5) is 0 Å². The smallest absolute Gasteiger partial charge is 0.753 e. The topological polar surface area (TPSA) is 120 Å². The summed E-state index contributed by atoms with van der Waals surface area (Å²) < 4.78 is 0. The van der Waals surface area contributed by atoms with Gasteiger partial charge < -0.3 is 22.3 Å². The maximum atomic E-state index is 7.13. The van der Waals surface area contributed by atoms with Gasteiger partial charge >= 0.3 is 27.3 Å². The van der Waals surface area contributed by atoms with Crippen LogP contribution in [0.15, 0.2) is 0 Å². The minimum absolute atomic E-state index is 0. The number of nitrogens with two attached hydrogens (primary N) is 2. The van der Waals surface area contributed by atoms with E-state index in [2.05, 4.69) is 35.9 Å². The van der Waals surface area contributed by atoms with Crippen LogP contribution in [0.2, 0.25) is 0 Å². The fourth-order valence-electron chi connectivity index (χ4n) is 0. The van der Waals surface area contributed by atoms with E-state index in [9.17, 15) is 0 Å². The van der Waals surface area contributed by atoms with Crippen LogP contribution in [-0.2, 0) is 0 Å². The SMILES string of the molecule is N=C(N)N.[N-]=C=S.[N-]=C=S.[Pb+2]. The molecule has 0 saturated heterocycles. The third-order valence-electron chi connectivity index (χ3n) is 0. The Labute approximate surface area is 95.2 Å². The van der Waals surface area contributed by atoms with Gasteiger partial charge in [-0.3, -0.25) is 5.41 Å². The van der Waals surface area contributed by atoms with Crippen molar-refractivity contribution in [1.82, 2.24) is 0 Å². The van der Waals surface area contributed by atoms with Gasteiger partial charge in [0, 0.05) is 0 Å². The molecule has 0 fully saturated rings. The molecule has 0 bridgehead atoms. The quantitative estimate of drug-likeness (QED) is 0.232. The number of isothiocyanates is 2. The van der Waals surface area contributed by atoms with Crippen molar-refractivity contribution in [3.8, 4) is 0 Å². The molecule has 0 aliphatic carbocycles. The summed E-state index contributed by atoms with van der Waals surface area (Å²) >= 11 is 7.40. The Morgan fingerprint density at radius 2 is 1.18 bits per heavy atom. The minimum Gasteiger partial charge on any atom is -0.753 e. The molecule has 11 heavy (non-hydrogen) atoms. The average molecular weight is 382 g/mol. The number of rotatable bonds is 0. The maximum Gasteiger partial charge on any atom is 2.00 e. The van der Waals surface area contributed by atoms with Gasteiger partial charge in [0.2, 0.25) is 0 Å². The predicted octanol–water partition coefficient (Wildman–Crippen LogP) is -0.225. The summed E-state index contributed by atoms with van der Waals surface area (Å²) in [5.74, 6) is -0.333. The summed E-state index contributed by atoms with van der Waals surface area (Å²) in [7, 11) is 0. The molecule has 0 rings (SSSR count). The summed E-state index contributed by atoms with van der Waals surface area (Å²) in [5.41, 5.74) is 8.94. The molecule has 0 aliphatic rings. The van der Waals surface area contributed by atoms with E-state index < -0.39 is 0 Å².